The first-order chi connectivity index (χ1) is 29.3. The van der Waals surface area contributed by atoms with Gasteiger partial charge in [0.05, 0.1) is 37.5 Å². The summed E-state index contributed by atoms with van der Waals surface area (Å²) in [6.45, 7) is 11.5. The fourth-order valence-corrected chi connectivity index (χ4v) is 5.72. The van der Waals surface area contributed by atoms with Crippen LogP contribution in [0, 0.1) is 23.7 Å². The lowest BCUT2D eigenvalue weighted by Crippen LogP contribution is -2.51. The van der Waals surface area contributed by atoms with E-state index in [2.05, 4.69) is 25.4 Å². The second-order valence-corrected chi connectivity index (χ2v) is 17.0. The van der Waals surface area contributed by atoms with Crippen molar-refractivity contribution in [1.82, 2.24) is 16.0 Å². The van der Waals surface area contributed by atoms with Gasteiger partial charge in [-0.3, -0.25) is 9.59 Å². The van der Waals surface area contributed by atoms with Gasteiger partial charge in [-0.05, 0) is 78.7 Å². The lowest BCUT2D eigenvalue weighted by Gasteiger charge is -2.29. The molecule has 6 atom stereocenters. The molecule has 0 fully saturated rings. The number of carbonyl (C=O) groups excluding carboxylic acids is 5. The van der Waals surface area contributed by atoms with Gasteiger partial charge in [0.25, 0.3) is 0 Å². The second kappa shape index (κ2) is 28.0. The van der Waals surface area contributed by atoms with E-state index in [0.717, 1.165) is 0 Å². The lowest BCUT2D eigenvalue weighted by molar-refractivity contribution is -0.325. The number of nitrogens with one attached hydrogen (secondary N) is 3. The molecular weight excluding hydrogens is 912 g/mol. The number of ether oxygens (including phenoxy) is 3. The number of rotatable bonds is 25. The van der Waals surface area contributed by atoms with E-state index in [0.29, 0.717) is 0 Å². The summed E-state index contributed by atoms with van der Waals surface area (Å²) < 4.78 is 165. The third-order valence-corrected chi connectivity index (χ3v) is 9.02. The Morgan fingerprint density at radius 1 is 0.585 bits per heavy atom. The van der Waals surface area contributed by atoms with Crippen LogP contribution in [0.5, 0.6) is 0 Å². The summed E-state index contributed by atoms with van der Waals surface area (Å²) >= 11 is 0. The van der Waals surface area contributed by atoms with Crippen molar-refractivity contribution < 1.29 is 101 Å². The van der Waals surface area contributed by atoms with Crippen LogP contribution in [-0.4, -0.2) is 133 Å². The van der Waals surface area contributed by atoms with Crippen molar-refractivity contribution in [3.63, 3.8) is 0 Å². The maximum atomic E-state index is 12.8. The van der Waals surface area contributed by atoms with E-state index < -0.39 is 110 Å². The summed E-state index contributed by atoms with van der Waals surface area (Å²) in [6, 6.07) is -2.52. The predicted molar refractivity (Wildman–Crippen MR) is 209 cm³/mol. The molecule has 65 heavy (non-hydrogen) atoms. The smallest absolute Gasteiger partial charge is 0.423 e. The topological polar surface area (TPSA) is 216 Å². The Morgan fingerprint density at radius 3 is 1.17 bits per heavy atom. The van der Waals surface area contributed by atoms with Crippen LogP contribution in [0.1, 0.15) is 101 Å². The van der Waals surface area contributed by atoms with Crippen molar-refractivity contribution in [2.45, 2.75) is 168 Å². The monoisotopic (exact) mass is 976 g/mol. The molecule has 0 rings (SSSR count). The summed E-state index contributed by atoms with van der Waals surface area (Å²) in [7, 11) is 0. The quantitative estimate of drug-likeness (QED) is 0.0446. The highest BCUT2D eigenvalue weighted by molar-refractivity contribution is 5.86. The molecule has 0 heterocycles. The van der Waals surface area contributed by atoms with Gasteiger partial charge in [-0.15, -0.1) is 0 Å². The van der Waals surface area contributed by atoms with Gasteiger partial charge in [0, 0.05) is 31.2 Å². The van der Waals surface area contributed by atoms with Crippen LogP contribution in [0.3, 0.4) is 0 Å². The summed E-state index contributed by atoms with van der Waals surface area (Å²) in [5.41, 5.74) is 4.58. The van der Waals surface area contributed by atoms with E-state index in [1.165, 1.54) is 13.8 Å². The number of carbonyl (C=O) groups is 5. The average molecular weight is 977 g/mol. The Morgan fingerprint density at radius 2 is 0.908 bits per heavy atom. The molecule has 0 saturated heterocycles. The number of halogens is 12. The van der Waals surface area contributed by atoms with Gasteiger partial charge in [-0.25, -0.2) is 4.79 Å². The molecule has 0 aromatic rings. The van der Waals surface area contributed by atoms with Gasteiger partial charge in [0.15, 0.2) is 0 Å². The molecule has 0 bridgehead atoms. The minimum atomic E-state index is -5.77. The molecule has 2 unspecified atom stereocenters. The number of amides is 3. The van der Waals surface area contributed by atoms with Crippen LogP contribution in [0.2, 0.25) is 0 Å². The highest BCUT2D eigenvalue weighted by Crippen LogP contribution is 2.37. The zero-order valence-electron chi connectivity index (χ0n) is 37.6. The molecule has 0 aromatic carbocycles. The first kappa shape index (κ1) is 63.6. The first-order valence-corrected chi connectivity index (χ1v) is 20.4. The third kappa shape index (κ3) is 27.7. The number of aliphatic hydroxyl groups is 2. The number of Topliss-reactive ketones (excluding diaryl/α,β-unsaturated/α-hetero) is 2. The average Bonchev–Trinajstić information content (AvgIpc) is 3.09. The third-order valence-electron chi connectivity index (χ3n) is 9.02. The minimum absolute atomic E-state index is 0.000353. The van der Waals surface area contributed by atoms with Crippen molar-refractivity contribution in [1.29, 1.82) is 0 Å². The fourth-order valence-electron chi connectivity index (χ4n) is 5.72. The summed E-state index contributed by atoms with van der Waals surface area (Å²) in [5.74, 6) is -4.09. The summed E-state index contributed by atoms with van der Waals surface area (Å²) in [4.78, 5) is 59.8. The predicted octanol–water partition coefficient (Wildman–Crippen LogP) is 6.23. The van der Waals surface area contributed by atoms with Gasteiger partial charge in [-0.1, -0.05) is 27.7 Å². The maximum Gasteiger partial charge on any atom is 0.423 e. The molecule has 26 heteroatoms. The molecule has 0 aliphatic carbocycles. The van der Waals surface area contributed by atoms with E-state index in [1.54, 1.807) is 48.5 Å². The van der Waals surface area contributed by atoms with Crippen molar-refractivity contribution in [2.75, 3.05) is 26.3 Å². The Balaban J connectivity index is 0. The van der Waals surface area contributed by atoms with Crippen LogP contribution >= 0.6 is 0 Å². The molecule has 3 amide bonds. The van der Waals surface area contributed by atoms with Crippen molar-refractivity contribution in [3.05, 3.63) is 0 Å². The number of aliphatic hydroxyl groups excluding tert-OH is 2. The molecule has 0 radical (unpaired) electrons. The van der Waals surface area contributed by atoms with E-state index in [1.807, 2.05) is 0 Å². The normalized spacial score (nSPS) is 15.7. The van der Waals surface area contributed by atoms with Gasteiger partial charge in [0.2, 0.25) is 24.0 Å². The van der Waals surface area contributed by atoms with E-state index in [4.69, 9.17) is 10.5 Å². The maximum absolute atomic E-state index is 12.8. The molecule has 0 aliphatic rings. The van der Waals surface area contributed by atoms with Gasteiger partial charge >= 0.3 is 30.8 Å². The van der Waals surface area contributed by atoms with Crippen LogP contribution in [0.15, 0.2) is 0 Å². The molecule has 0 aromatic heterocycles. The molecule has 0 aliphatic heterocycles. The van der Waals surface area contributed by atoms with E-state index in [9.17, 15) is 86.9 Å². The van der Waals surface area contributed by atoms with E-state index in [-0.39, 0.29) is 75.0 Å². The van der Waals surface area contributed by atoms with Gasteiger partial charge in [-0.2, -0.15) is 52.7 Å². The Bertz CT molecular complexity index is 1430. The number of ketones is 2. The van der Waals surface area contributed by atoms with Crippen molar-refractivity contribution >= 4 is 29.5 Å². The van der Waals surface area contributed by atoms with Crippen LogP contribution < -0.4 is 21.7 Å². The second-order valence-electron chi connectivity index (χ2n) is 17.0. The number of nitrogens with two attached hydrogens (primary N) is 1. The van der Waals surface area contributed by atoms with Crippen LogP contribution in [-0.2, 0) is 33.4 Å². The molecule has 7 N–H and O–H groups in total. The molecule has 0 spiro atoms. The summed E-state index contributed by atoms with van der Waals surface area (Å²) in [6.07, 6.45) is -35.8. The molecule has 0 saturated carbocycles. The van der Waals surface area contributed by atoms with Gasteiger partial charge in [0.1, 0.15) is 17.2 Å². The van der Waals surface area contributed by atoms with Gasteiger partial charge < -0.3 is 55.7 Å². The number of hydrogen-bond donors (Lipinski definition) is 6. The highest BCUT2D eigenvalue weighted by atomic mass is 19.4. The lowest BCUT2D eigenvalue weighted by atomic mass is 9.89. The van der Waals surface area contributed by atoms with Crippen LogP contribution in [0.4, 0.5) is 57.5 Å². The fraction of sp³-hybridized carbons (Fsp3) is 0.872. The largest absolute Gasteiger partial charge is 0.444 e. The van der Waals surface area contributed by atoms with Crippen LogP contribution in [0.25, 0.3) is 0 Å². The number of alkyl carbamates (subject to hydrolysis) is 1. The highest BCUT2D eigenvalue weighted by Gasteiger charge is 2.59. The zero-order chi connectivity index (χ0) is 51.5. The number of hydrogen-bond acceptors (Lipinski definition) is 11. The molecule has 14 nitrogen and oxygen atoms in total. The minimum Gasteiger partial charge on any atom is -0.444 e. The van der Waals surface area contributed by atoms with Crippen molar-refractivity contribution in [2.24, 2.45) is 29.4 Å². The Labute approximate surface area is 369 Å². The zero-order valence-corrected chi connectivity index (χ0v) is 37.6. The SMILES string of the molecule is CC(=O)C[C@H](C(=O)N[C@@H](CCCN)C(O)COC(C(F)(F)F)C(F)(F)F)C(C)C.CC(=O)C[C@H](C(=O)N[C@@H](CCCNC(=O)OC(C)(C)C)C(O)COC(C(F)(F)F)C(F)(F)F)C(C)C. The van der Waals surface area contributed by atoms with E-state index >= 15 is 0 Å². The molecule has 384 valence electrons. The Kier molecular flexibility index (Phi) is 27.4. The number of alkyl halides is 12. The summed E-state index contributed by atoms with van der Waals surface area (Å²) in [5, 5.41) is 27.7. The molecular formula is C39H64F12N4O10. The first-order valence-electron chi connectivity index (χ1n) is 20.4. The van der Waals surface area contributed by atoms with Crippen molar-refractivity contribution in [3.8, 4) is 0 Å². The Hall–Kier alpha value is -3.49. The standard InChI is InChI=1S/C22H36F6N2O6.C17H28F6N2O4/c1-12(2)14(10-13(3)31)17(33)30-15(8-7-9-29-19(34)36-20(4,5)6)16(32)11-35-18(21(23,24)25)22(26,27)28;1-9(2)11(7-10(3)26)14(28)25-12(5-4-6-24)13(27)8-29-15(16(18,19)20)17(21,22)23/h12,14-16,18,32H,7-11H2,1-6H3,(H,29,34)(H,30,33);9,11-13,15,27H,4-8,24H2,1-3H3,(H,25,28)/t14-,15-,16?;11-,12-,13?/m00/s1.